The molecule has 0 saturated heterocycles. The van der Waals surface area contributed by atoms with Gasteiger partial charge in [-0.1, -0.05) is 77.4 Å². The third kappa shape index (κ3) is 5.45. The molecule has 0 spiro atoms. The standard InChI is InChI=1S/C41H58N2O6/c1-36(2)30-14-17-41(7)32(29(44)23-26-27-24-38(4,34(47)49-8)19-18-37(27,3)20-21-40(26,41)6)39(30,5)16-15-31(36)43-35(48)42-28(33(45)46)22-25-12-10-9-11-13-25/h9-13,23,27-28,30-32H,14-22,24H2,1-8H3,(H,45,46)(H2,42,43,48)/t27-,28?,30+,31?,32-,37-,38+,39+,40-,41-/m1/s1. The fourth-order valence-corrected chi connectivity index (χ4v) is 12.3. The Bertz CT molecular complexity index is 1550. The maximum absolute atomic E-state index is 14.7. The number of nitrogens with one attached hydrogen (secondary N) is 2. The number of fused-ring (bicyclic) bond motifs is 7. The van der Waals surface area contributed by atoms with Crippen LogP contribution in [-0.4, -0.2) is 48.1 Å². The van der Waals surface area contributed by atoms with E-state index >= 15 is 0 Å². The first-order valence-electron chi connectivity index (χ1n) is 18.5. The molecular weight excluding hydrogens is 616 g/mol. The number of benzene rings is 1. The van der Waals surface area contributed by atoms with Crippen LogP contribution in [-0.2, 0) is 25.5 Å². The molecule has 0 aromatic heterocycles. The van der Waals surface area contributed by atoms with Gasteiger partial charge in [-0.3, -0.25) is 9.59 Å². The summed E-state index contributed by atoms with van der Waals surface area (Å²) in [5, 5.41) is 15.8. The van der Waals surface area contributed by atoms with E-state index in [0.29, 0.717) is 0 Å². The quantitative estimate of drug-likeness (QED) is 0.269. The smallest absolute Gasteiger partial charge is 0.326 e. The highest BCUT2D eigenvalue weighted by atomic mass is 16.5. The number of amides is 2. The van der Waals surface area contributed by atoms with Crippen molar-refractivity contribution >= 4 is 23.8 Å². The van der Waals surface area contributed by atoms with E-state index in [2.05, 4.69) is 52.2 Å². The fraction of sp³-hybridized carbons (Fsp3) is 0.707. The Labute approximate surface area is 292 Å². The molecule has 3 N–H and O–H groups in total. The molecule has 5 aliphatic rings. The lowest BCUT2D eigenvalue weighted by Crippen LogP contribution is -2.68. The van der Waals surface area contributed by atoms with Gasteiger partial charge in [-0.05, 0) is 115 Å². The number of rotatable bonds is 6. The molecule has 0 heterocycles. The molecule has 0 bridgehead atoms. The first-order valence-corrected chi connectivity index (χ1v) is 18.5. The van der Waals surface area contributed by atoms with Gasteiger partial charge in [-0.2, -0.15) is 0 Å². The number of hydrogen-bond donors (Lipinski definition) is 3. The third-order valence-electron chi connectivity index (χ3n) is 15.5. The summed E-state index contributed by atoms with van der Waals surface area (Å²) in [6.45, 7) is 16.0. The number of hydrogen-bond acceptors (Lipinski definition) is 5. The van der Waals surface area contributed by atoms with Gasteiger partial charge in [0.05, 0.1) is 12.5 Å². The Morgan fingerprint density at radius 1 is 0.918 bits per heavy atom. The van der Waals surface area contributed by atoms with E-state index < -0.39 is 23.5 Å². The number of methoxy groups -OCH3 is 1. The monoisotopic (exact) mass is 674 g/mol. The van der Waals surface area contributed by atoms with Gasteiger partial charge in [0, 0.05) is 18.4 Å². The summed E-state index contributed by atoms with van der Waals surface area (Å²) in [5.74, 6) is -0.736. The summed E-state index contributed by atoms with van der Waals surface area (Å²) in [6, 6.07) is 7.68. The highest BCUT2D eigenvalue weighted by Crippen LogP contribution is 2.75. The van der Waals surface area contributed by atoms with E-state index in [1.807, 2.05) is 43.3 Å². The normalized spacial score (nSPS) is 41.4. The van der Waals surface area contributed by atoms with Crippen LogP contribution in [0, 0.1) is 50.2 Å². The third-order valence-corrected chi connectivity index (χ3v) is 15.5. The molecule has 8 heteroatoms. The second-order valence-electron chi connectivity index (χ2n) is 18.4. The number of carbonyl (C=O) groups excluding carboxylic acids is 3. The number of esters is 1. The predicted octanol–water partition coefficient (Wildman–Crippen LogP) is 7.50. The Kier molecular flexibility index (Phi) is 8.71. The number of carbonyl (C=O) groups is 4. The van der Waals surface area contributed by atoms with Crippen molar-refractivity contribution in [2.45, 2.75) is 125 Å². The minimum atomic E-state index is -1.07. The average molecular weight is 675 g/mol. The maximum Gasteiger partial charge on any atom is 0.326 e. The molecule has 2 unspecified atom stereocenters. The van der Waals surface area contributed by atoms with Gasteiger partial charge in [0.2, 0.25) is 0 Å². The molecule has 8 nitrogen and oxygen atoms in total. The SMILES string of the molecule is COC(=O)[C@@]1(C)CC[C@]2(C)CC[C@]3(C)C(=CC(=O)[C@@H]4[C@@]5(C)CCC(NC(=O)NC(Cc6ccccc6)C(=O)O)C(C)(C)[C@@H]5CC[C@]43C)[C@H]2C1. The van der Waals surface area contributed by atoms with Gasteiger partial charge >= 0.3 is 18.0 Å². The van der Waals surface area contributed by atoms with E-state index in [-0.39, 0.29) is 69.0 Å². The summed E-state index contributed by atoms with van der Waals surface area (Å²) in [4.78, 5) is 53.2. The minimum Gasteiger partial charge on any atom is -0.480 e. The lowest BCUT2D eigenvalue weighted by atomic mass is 9.33. The van der Waals surface area contributed by atoms with Crippen molar-refractivity contribution in [3.8, 4) is 0 Å². The summed E-state index contributed by atoms with van der Waals surface area (Å²) in [7, 11) is 1.48. The van der Waals surface area contributed by atoms with Crippen molar-refractivity contribution in [1.82, 2.24) is 10.6 Å². The molecular formula is C41H58N2O6. The summed E-state index contributed by atoms with van der Waals surface area (Å²) < 4.78 is 5.29. The van der Waals surface area contributed by atoms with Gasteiger partial charge in [-0.15, -0.1) is 0 Å². The minimum absolute atomic E-state index is 0.0660. The fourth-order valence-electron chi connectivity index (χ4n) is 12.3. The van der Waals surface area contributed by atoms with Crippen LogP contribution in [0.2, 0.25) is 0 Å². The van der Waals surface area contributed by atoms with E-state index in [4.69, 9.17) is 4.74 Å². The van der Waals surface area contributed by atoms with Crippen molar-refractivity contribution in [1.29, 1.82) is 0 Å². The zero-order chi connectivity index (χ0) is 35.8. The Balaban J connectivity index is 1.25. The van der Waals surface area contributed by atoms with Crippen LogP contribution in [0.5, 0.6) is 0 Å². The van der Waals surface area contributed by atoms with Gasteiger partial charge in [0.25, 0.3) is 0 Å². The van der Waals surface area contributed by atoms with Crippen LogP contribution in [0.1, 0.15) is 112 Å². The van der Waals surface area contributed by atoms with Crippen LogP contribution in [0.3, 0.4) is 0 Å². The van der Waals surface area contributed by atoms with Crippen LogP contribution in [0.15, 0.2) is 42.0 Å². The zero-order valence-electron chi connectivity index (χ0n) is 30.9. The molecule has 2 amide bonds. The maximum atomic E-state index is 14.7. The van der Waals surface area contributed by atoms with Crippen LogP contribution in [0.25, 0.3) is 0 Å². The van der Waals surface area contributed by atoms with E-state index in [0.717, 1.165) is 63.4 Å². The summed E-state index contributed by atoms with van der Waals surface area (Å²) in [5.41, 5.74) is 0.704. The van der Waals surface area contributed by atoms with Crippen molar-refractivity contribution in [3.63, 3.8) is 0 Å². The Morgan fingerprint density at radius 3 is 2.24 bits per heavy atom. The van der Waals surface area contributed by atoms with E-state index in [1.165, 1.54) is 12.7 Å². The molecule has 4 fully saturated rings. The lowest BCUT2D eigenvalue weighted by molar-refractivity contribution is -0.189. The highest BCUT2D eigenvalue weighted by molar-refractivity contribution is 5.96. The predicted molar refractivity (Wildman–Crippen MR) is 188 cm³/mol. The van der Waals surface area contributed by atoms with Crippen LogP contribution in [0.4, 0.5) is 4.79 Å². The van der Waals surface area contributed by atoms with Gasteiger partial charge in [0.1, 0.15) is 6.04 Å². The van der Waals surface area contributed by atoms with Crippen molar-refractivity contribution in [2.24, 2.45) is 50.2 Å². The van der Waals surface area contributed by atoms with Crippen molar-refractivity contribution < 1.29 is 29.0 Å². The second-order valence-corrected chi connectivity index (χ2v) is 18.4. The van der Waals surface area contributed by atoms with Gasteiger partial charge < -0.3 is 20.5 Å². The summed E-state index contributed by atoms with van der Waals surface area (Å²) in [6.07, 6.45) is 10.3. The van der Waals surface area contributed by atoms with Crippen LogP contribution < -0.4 is 10.6 Å². The molecule has 6 rings (SSSR count). The molecule has 0 aliphatic heterocycles. The Morgan fingerprint density at radius 2 is 1.59 bits per heavy atom. The van der Waals surface area contributed by atoms with Crippen molar-refractivity contribution in [3.05, 3.63) is 47.5 Å². The molecule has 268 valence electrons. The van der Waals surface area contributed by atoms with Crippen LogP contribution >= 0.6 is 0 Å². The van der Waals surface area contributed by atoms with Gasteiger partial charge in [0.15, 0.2) is 5.78 Å². The molecule has 0 radical (unpaired) electrons. The largest absolute Gasteiger partial charge is 0.480 e. The Hall–Kier alpha value is -3.16. The average Bonchev–Trinajstić information content (AvgIpc) is 3.04. The van der Waals surface area contributed by atoms with Crippen molar-refractivity contribution in [2.75, 3.05) is 7.11 Å². The first-order chi connectivity index (χ1) is 22.8. The number of carboxylic acid groups (broad SMARTS) is 1. The molecule has 10 atom stereocenters. The van der Waals surface area contributed by atoms with Gasteiger partial charge in [-0.25, -0.2) is 9.59 Å². The number of allylic oxidation sites excluding steroid dienone is 2. The molecule has 49 heavy (non-hydrogen) atoms. The number of carboxylic acids is 1. The lowest BCUT2D eigenvalue weighted by Gasteiger charge is -2.70. The molecule has 1 aromatic carbocycles. The number of ketones is 1. The van der Waals surface area contributed by atoms with E-state index in [1.54, 1.807) is 0 Å². The molecule has 4 saturated carbocycles. The van der Waals surface area contributed by atoms with E-state index in [9.17, 15) is 24.3 Å². The first kappa shape index (κ1) is 35.7. The number of urea groups is 1. The summed E-state index contributed by atoms with van der Waals surface area (Å²) >= 11 is 0. The molecule has 5 aliphatic carbocycles. The topological polar surface area (TPSA) is 122 Å². The number of aliphatic carboxylic acids is 1. The second kappa shape index (κ2) is 12.0. The zero-order valence-corrected chi connectivity index (χ0v) is 30.9. The number of ether oxygens (including phenoxy) is 1. The highest BCUT2D eigenvalue weighted by Gasteiger charge is 2.70. The molecule has 1 aromatic rings.